The van der Waals surface area contributed by atoms with Gasteiger partial charge in [0, 0.05) is 24.4 Å². The highest BCUT2D eigenvalue weighted by molar-refractivity contribution is 6.06. The Morgan fingerprint density at radius 1 is 0.943 bits per heavy atom. The number of likely N-dealkylation sites (N-methyl/N-ethyl adjacent to an activating group) is 1. The van der Waals surface area contributed by atoms with Crippen LogP contribution < -0.4 is 5.32 Å². The summed E-state index contributed by atoms with van der Waals surface area (Å²) in [5.41, 5.74) is 3.69. The number of nitrogens with one attached hydrogen (secondary N) is 1. The lowest BCUT2D eigenvalue weighted by Crippen LogP contribution is -2.39. The Hall–Kier alpha value is -3.82. The van der Waals surface area contributed by atoms with Crippen molar-refractivity contribution < 1.29 is 19.1 Å². The van der Waals surface area contributed by atoms with Gasteiger partial charge in [-0.15, -0.1) is 0 Å². The predicted octanol–water partition coefficient (Wildman–Crippen LogP) is 4.35. The Morgan fingerprint density at radius 2 is 1.60 bits per heavy atom. The molecule has 1 unspecified atom stereocenters. The van der Waals surface area contributed by atoms with Crippen LogP contribution in [0.1, 0.15) is 38.8 Å². The third-order valence-corrected chi connectivity index (χ3v) is 5.58. The minimum atomic E-state index is -0.783. The number of esters is 1. The Labute approximate surface area is 207 Å². The summed E-state index contributed by atoms with van der Waals surface area (Å²) >= 11 is 0. The average Bonchev–Trinajstić information content (AvgIpc) is 2.87. The molecule has 0 bridgehead atoms. The molecule has 0 aromatic heterocycles. The van der Waals surface area contributed by atoms with E-state index >= 15 is 0 Å². The van der Waals surface area contributed by atoms with E-state index in [0.717, 1.165) is 11.1 Å². The Bertz CT molecular complexity index is 1160. The molecule has 1 heterocycles. The van der Waals surface area contributed by atoms with E-state index in [9.17, 15) is 9.59 Å². The molecule has 1 amide bonds. The van der Waals surface area contributed by atoms with Crippen molar-refractivity contribution in [2.24, 2.45) is 5.92 Å². The molecule has 6 nitrogen and oxygen atoms in total. The van der Waals surface area contributed by atoms with E-state index < -0.39 is 11.9 Å². The maximum Gasteiger partial charge on any atom is 0.337 e. The second kappa shape index (κ2) is 12.6. The van der Waals surface area contributed by atoms with E-state index in [1.165, 1.54) is 0 Å². The Balaban J connectivity index is 2.33. The molecular weight excluding hydrogens is 440 g/mol. The summed E-state index contributed by atoms with van der Waals surface area (Å²) in [7, 11) is 0. The summed E-state index contributed by atoms with van der Waals surface area (Å²) in [6.45, 7) is 8.68. The zero-order valence-electron chi connectivity index (χ0n) is 20.8. The van der Waals surface area contributed by atoms with E-state index in [1.807, 2.05) is 86.3 Å². The van der Waals surface area contributed by atoms with E-state index in [1.54, 1.807) is 6.92 Å². The van der Waals surface area contributed by atoms with E-state index in [0.29, 0.717) is 35.7 Å². The molecule has 1 aliphatic heterocycles. The van der Waals surface area contributed by atoms with Gasteiger partial charge in [0.1, 0.15) is 6.73 Å². The van der Waals surface area contributed by atoms with Crippen LogP contribution in [0.5, 0.6) is 0 Å². The summed E-state index contributed by atoms with van der Waals surface area (Å²) in [6.07, 6.45) is 0. The van der Waals surface area contributed by atoms with Crippen LogP contribution in [-0.4, -0.2) is 43.3 Å². The first-order chi connectivity index (χ1) is 17.0. The molecule has 0 spiro atoms. The predicted molar refractivity (Wildman–Crippen MR) is 137 cm³/mol. The summed E-state index contributed by atoms with van der Waals surface area (Å²) in [5, 5.41) is 2.92. The van der Waals surface area contributed by atoms with Crippen LogP contribution in [0.2, 0.25) is 0 Å². The first-order valence-corrected chi connectivity index (χ1v) is 11.9. The summed E-state index contributed by atoms with van der Waals surface area (Å²) < 4.78 is 11.2. The van der Waals surface area contributed by atoms with Gasteiger partial charge < -0.3 is 19.7 Å². The highest BCUT2D eigenvalue weighted by Gasteiger charge is 2.40. The van der Waals surface area contributed by atoms with Gasteiger partial charge >= 0.3 is 5.97 Å². The quantitative estimate of drug-likeness (QED) is 0.457. The average molecular weight is 473 g/mol. The number of amides is 1. The molecule has 0 fully saturated rings. The maximum absolute atomic E-state index is 13.6. The number of benzene rings is 2. The van der Waals surface area contributed by atoms with Crippen LogP contribution in [0.4, 0.5) is 0 Å². The van der Waals surface area contributed by atoms with E-state index in [4.69, 9.17) is 9.47 Å². The van der Waals surface area contributed by atoms with Gasteiger partial charge in [-0.2, -0.15) is 0 Å². The zero-order valence-corrected chi connectivity index (χ0v) is 20.8. The van der Waals surface area contributed by atoms with Crippen LogP contribution in [0.25, 0.3) is 5.70 Å². The first-order valence-electron chi connectivity index (χ1n) is 11.9. The number of carbonyl (C=O) groups excluding carboxylic acids is 2. The summed E-state index contributed by atoms with van der Waals surface area (Å²) in [6, 6.07) is 19.1. The maximum atomic E-state index is 13.6. The van der Waals surface area contributed by atoms with Crippen molar-refractivity contribution in [2.75, 3.05) is 26.5 Å². The number of allylic oxidation sites excluding steroid dienone is 1. The molecule has 0 saturated carbocycles. The van der Waals surface area contributed by atoms with Crippen LogP contribution >= 0.6 is 0 Å². The molecule has 3 rings (SSSR count). The number of carbonyl (C=O) groups is 2. The highest BCUT2D eigenvalue weighted by Crippen LogP contribution is 2.40. The third kappa shape index (κ3) is 6.00. The fourth-order valence-electron chi connectivity index (χ4n) is 3.99. The molecule has 1 atom stereocenters. The number of hydrogen-bond acceptors (Lipinski definition) is 5. The topological polar surface area (TPSA) is 67.9 Å². The number of ether oxygens (including phenoxy) is 2. The van der Waals surface area contributed by atoms with Crippen LogP contribution in [0, 0.1) is 17.8 Å². The van der Waals surface area contributed by atoms with Crippen molar-refractivity contribution in [3.8, 4) is 11.8 Å². The monoisotopic (exact) mass is 472 g/mol. The lowest BCUT2D eigenvalue weighted by Gasteiger charge is -2.37. The standard InChI is InChI=1S/C29H32N2O4/c1-5-30-28(32)26-24(19-18-22-14-10-8-11-15-22)25(29(33)35-7-3)21(4)31(20-34-6-2)27(26)23-16-12-9-13-17-23/h8-17,24H,5-7,20H2,1-4H3,(H,30,32). The molecule has 0 aliphatic carbocycles. The van der Waals surface area contributed by atoms with Crippen LogP contribution in [0.15, 0.2) is 77.5 Å². The lowest BCUT2D eigenvalue weighted by atomic mass is 9.82. The van der Waals surface area contributed by atoms with Gasteiger partial charge in [0.15, 0.2) is 0 Å². The van der Waals surface area contributed by atoms with Gasteiger partial charge in [-0.3, -0.25) is 4.79 Å². The van der Waals surface area contributed by atoms with Crippen molar-refractivity contribution in [2.45, 2.75) is 27.7 Å². The van der Waals surface area contributed by atoms with Gasteiger partial charge in [0.05, 0.1) is 29.4 Å². The van der Waals surface area contributed by atoms with Crippen LogP contribution in [-0.2, 0) is 19.1 Å². The van der Waals surface area contributed by atoms with E-state index in [-0.39, 0.29) is 19.2 Å². The van der Waals surface area contributed by atoms with Crippen molar-refractivity contribution in [1.82, 2.24) is 10.2 Å². The third-order valence-electron chi connectivity index (χ3n) is 5.58. The van der Waals surface area contributed by atoms with Crippen molar-refractivity contribution in [3.05, 3.63) is 88.6 Å². The zero-order chi connectivity index (χ0) is 25.2. The van der Waals surface area contributed by atoms with Gasteiger partial charge in [-0.05, 0) is 45.4 Å². The molecule has 1 N–H and O–H groups in total. The second-order valence-corrected chi connectivity index (χ2v) is 7.83. The molecule has 2 aromatic rings. The second-order valence-electron chi connectivity index (χ2n) is 7.83. The van der Waals surface area contributed by atoms with Crippen molar-refractivity contribution in [3.63, 3.8) is 0 Å². The lowest BCUT2D eigenvalue weighted by molar-refractivity contribution is -0.139. The van der Waals surface area contributed by atoms with Gasteiger partial charge in [-0.25, -0.2) is 4.79 Å². The van der Waals surface area contributed by atoms with Gasteiger partial charge in [0.2, 0.25) is 0 Å². The van der Waals surface area contributed by atoms with Crippen LogP contribution in [0.3, 0.4) is 0 Å². The molecule has 1 aliphatic rings. The molecule has 6 heteroatoms. The minimum Gasteiger partial charge on any atom is -0.463 e. The summed E-state index contributed by atoms with van der Waals surface area (Å²) in [4.78, 5) is 28.7. The molecule has 0 radical (unpaired) electrons. The number of rotatable bonds is 8. The fraction of sp³-hybridized carbons (Fsp3) is 0.310. The first kappa shape index (κ1) is 25.8. The molecule has 2 aromatic carbocycles. The van der Waals surface area contributed by atoms with Gasteiger partial charge in [0.25, 0.3) is 5.91 Å². The minimum absolute atomic E-state index is 0.178. The molecule has 182 valence electrons. The van der Waals surface area contributed by atoms with Crippen molar-refractivity contribution in [1.29, 1.82) is 0 Å². The van der Waals surface area contributed by atoms with Crippen molar-refractivity contribution >= 4 is 17.6 Å². The van der Waals surface area contributed by atoms with Gasteiger partial charge in [-0.1, -0.05) is 60.4 Å². The highest BCUT2D eigenvalue weighted by atomic mass is 16.5. The molecule has 0 saturated heterocycles. The Kier molecular flexibility index (Phi) is 9.28. The normalized spacial score (nSPS) is 15.4. The molecule has 35 heavy (non-hydrogen) atoms. The summed E-state index contributed by atoms with van der Waals surface area (Å²) in [5.74, 6) is 4.83. The number of hydrogen-bond donors (Lipinski definition) is 1. The Morgan fingerprint density at radius 3 is 2.20 bits per heavy atom. The molecular formula is C29H32N2O4. The number of nitrogens with zero attached hydrogens (tertiary/aromatic N) is 1. The smallest absolute Gasteiger partial charge is 0.337 e. The SMILES string of the molecule is CCNC(=O)C1=C(c2ccccc2)N(COCC)C(C)=C(C(=O)OCC)C1C#Cc1ccccc1. The van der Waals surface area contributed by atoms with E-state index in [2.05, 4.69) is 17.2 Å². The fourth-order valence-corrected chi connectivity index (χ4v) is 3.99. The largest absolute Gasteiger partial charge is 0.463 e.